The van der Waals surface area contributed by atoms with Gasteiger partial charge in [-0.05, 0) is 22.8 Å². The van der Waals surface area contributed by atoms with E-state index in [1.807, 2.05) is 12.1 Å². The molecule has 0 saturated heterocycles. The Labute approximate surface area is 126 Å². The third-order valence-corrected chi connectivity index (χ3v) is 3.83. The number of hydrogen-bond donors (Lipinski definition) is 2. The van der Waals surface area contributed by atoms with Gasteiger partial charge in [-0.2, -0.15) is 0 Å². The molecule has 2 aromatic rings. The molecule has 0 aromatic heterocycles. The van der Waals surface area contributed by atoms with E-state index in [0.29, 0.717) is 11.1 Å². The van der Waals surface area contributed by atoms with Crippen LogP contribution in [0.2, 0.25) is 0 Å². The van der Waals surface area contributed by atoms with E-state index < -0.39 is 18.2 Å². The molecule has 0 spiro atoms. The van der Waals surface area contributed by atoms with E-state index in [1.165, 1.54) is 6.07 Å². The molecule has 2 N–H and O–H groups in total. The topological polar surface area (TPSA) is 83.8 Å². The minimum absolute atomic E-state index is 0.132. The smallest absolute Gasteiger partial charge is 0.337 e. The summed E-state index contributed by atoms with van der Waals surface area (Å²) in [5, 5.41) is 19.8. The normalized spacial score (nSPS) is 15.0. The Morgan fingerprint density at radius 2 is 1.64 bits per heavy atom. The predicted molar refractivity (Wildman–Crippen MR) is 78.3 cm³/mol. The molecule has 5 nitrogen and oxygen atoms in total. The third-order valence-electron chi connectivity index (χ3n) is 3.83. The predicted octanol–water partition coefficient (Wildman–Crippen LogP) is 1.47. The van der Waals surface area contributed by atoms with Crippen molar-refractivity contribution in [2.75, 3.05) is 7.11 Å². The van der Waals surface area contributed by atoms with Crippen molar-refractivity contribution in [2.45, 2.75) is 12.2 Å². The number of carbonyl (C=O) groups is 2. The molecule has 0 radical (unpaired) electrons. The fraction of sp³-hybridized carbons (Fsp3) is 0.176. The molecule has 1 aliphatic carbocycles. The molecular weight excluding hydrogens is 284 g/mol. The Bertz CT molecular complexity index is 765. The Morgan fingerprint density at radius 3 is 2.32 bits per heavy atom. The maximum atomic E-state index is 12.4. The van der Waals surface area contributed by atoms with Crippen LogP contribution in [0.4, 0.5) is 0 Å². The van der Waals surface area contributed by atoms with Crippen molar-refractivity contribution < 1.29 is 24.5 Å². The van der Waals surface area contributed by atoms with Crippen LogP contribution >= 0.6 is 0 Å². The minimum Gasteiger partial charge on any atom is -0.467 e. The van der Waals surface area contributed by atoms with Crippen LogP contribution in [0.1, 0.15) is 27.6 Å². The average Bonchev–Trinajstić information content (AvgIpc) is 2.85. The summed E-state index contributed by atoms with van der Waals surface area (Å²) in [7, 11) is 1.13. The van der Waals surface area contributed by atoms with E-state index in [4.69, 9.17) is 0 Å². The number of hydrogen-bond acceptors (Lipinski definition) is 5. The summed E-state index contributed by atoms with van der Waals surface area (Å²) in [6, 6.07) is 12.1. The second-order valence-electron chi connectivity index (χ2n) is 5.09. The van der Waals surface area contributed by atoms with Gasteiger partial charge < -0.3 is 14.9 Å². The summed E-state index contributed by atoms with van der Waals surface area (Å²) in [5.41, 5.74) is 2.98. The molecule has 0 fully saturated rings. The van der Waals surface area contributed by atoms with Crippen LogP contribution in [0.25, 0.3) is 11.1 Å². The molecule has 0 aliphatic heterocycles. The molecule has 5 heteroatoms. The number of methoxy groups -OCH3 is 1. The maximum absolute atomic E-state index is 12.4. The molecule has 2 unspecified atom stereocenters. The van der Waals surface area contributed by atoms with E-state index in [0.717, 1.165) is 18.2 Å². The molecule has 3 rings (SSSR count). The standard InChI is InChI=1S/C17H14O5/c1-22-17(21)16(20)14(18)9-6-7-11-10-4-2-3-5-12(10)15(19)13(11)8-9/h2-8,14,16,18,20H,1H3. The van der Waals surface area contributed by atoms with Crippen LogP contribution in [0.15, 0.2) is 42.5 Å². The Kier molecular flexibility index (Phi) is 3.52. The second-order valence-corrected chi connectivity index (χ2v) is 5.09. The second kappa shape index (κ2) is 5.36. The number of ketones is 1. The van der Waals surface area contributed by atoms with Gasteiger partial charge in [0.05, 0.1) is 7.11 Å². The average molecular weight is 298 g/mol. The third kappa shape index (κ3) is 2.11. The van der Waals surface area contributed by atoms with Crippen molar-refractivity contribution in [3.63, 3.8) is 0 Å². The molecule has 0 amide bonds. The van der Waals surface area contributed by atoms with Gasteiger partial charge in [-0.1, -0.05) is 36.4 Å². The lowest BCUT2D eigenvalue weighted by Gasteiger charge is -2.16. The minimum atomic E-state index is -1.69. The number of carbonyl (C=O) groups excluding carboxylic acids is 2. The molecule has 0 heterocycles. The fourth-order valence-electron chi connectivity index (χ4n) is 2.66. The molecule has 22 heavy (non-hydrogen) atoms. The van der Waals surface area contributed by atoms with E-state index in [9.17, 15) is 19.8 Å². The summed E-state index contributed by atoms with van der Waals surface area (Å²) in [6.07, 6.45) is -3.14. The van der Waals surface area contributed by atoms with Gasteiger partial charge in [-0.15, -0.1) is 0 Å². The van der Waals surface area contributed by atoms with Crippen LogP contribution < -0.4 is 0 Å². The van der Waals surface area contributed by atoms with Gasteiger partial charge in [0.1, 0.15) is 6.10 Å². The van der Waals surface area contributed by atoms with Gasteiger partial charge >= 0.3 is 5.97 Å². The highest BCUT2D eigenvalue weighted by atomic mass is 16.5. The van der Waals surface area contributed by atoms with Gasteiger partial charge in [0.2, 0.25) is 0 Å². The quantitative estimate of drug-likeness (QED) is 0.715. The highest BCUT2D eigenvalue weighted by Gasteiger charge is 2.30. The van der Waals surface area contributed by atoms with E-state index in [1.54, 1.807) is 24.3 Å². The number of benzene rings is 2. The fourth-order valence-corrected chi connectivity index (χ4v) is 2.66. The monoisotopic (exact) mass is 298 g/mol. The molecule has 2 aromatic carbocycles. The number of esters is 1. The van der Waals surface area contributed by atoms with Crippen molar-refractivity contribution in [3.8, 4) is 11.1 Å². The van der Waals surface area contributed by atoms with Crippen molar-refractivity contribution in [2.24, 2.45) is 0 Å². The SMILES string of the molecule is COC(=O)C(O)C(O)c1ccc2c(c1)C(=O)c1ccccc1-2. The van der Waals surface area contributed by atoms with Gasteiger partial charge in [-0.25, -0.2) is 4.79 Å². The molecule has 112 valence electrons. The number of rotatable bonds is 3. The molecule has 0 saturated carbocycles. The van der Waals surface area contributed by atoms with Crippen molar-refractivity contribution in [1.82, 2.24) is 0 Å². The Hall–Kier alpha value is -2.50. The first-order valence-corrected chi connectivity index (χ1v) is 6.76. The van der Waals surface area contributed by atoms with Crippen LogP contribution in [0.5, 0.6) is 0 Å². The maximum Gasteiger partial charge on any atom is 0.337 e. The molecule has 1 aliphatic rings. The zero-order chi connectivity index (χ0) is 15.9. The summed E-state index contributed by atoms with van der Waals surface area (Å²) in [6.45, 7) is 0. The summed E-state index contributed by atoms with van der Waals surface area (Å²) in [5.74, 6) is -1.06. The van der Waals surface area contributed by atoms with Crippen molar-refractivity contribution >= 4 is 11.8 Å². The molecule has 2 atom stereocenters. The largest absolute Gasteiger partial charge is 0.467 e. The Morgan fingerprint density at radius 1 is 1.00 bits per heavy atom. The van der Waals surface area contributed by atoms with E-state index in [2.05, 4.69) is 4.74 Å². The molecular formula is C17H14O5. The van der Waals surface area contributed by atoms with Gasteiger partial charge in [0, 0.05) is 11.1 Å². The lowest BCUT2D eigenvalue weighted by Crippen LogP contribution is -2.29. The summed E-state index contributed by atoms with van der Waals surface area (Å²) in [4.78, 5) is 23.7. The number of fused-ring (bicyclic) bond motifs is 3. The van der Waals surface area contributed by atoms with E-state index >= 15 is 0 Å². The van der Waals surface area contributed by atoms with Gasteiger partial charge in [0.25, 0.3) is 0 Å². The van der Waals surface area contributed by atoms with Crippen molar-refractivity contribution in [3.05, 3.63) is 59.2 Å². The van der Waals surface area contributed by atoms with Crippen molar-refractivity contribution in [1.29, 1.82) is 0 Å². The van der Waals surface area contributed by atoms with Crippen LogP contribution in [-0.4, -0.2) is 35.2 Å². The summed E-state index contributed by atoms with van der Waals surface area (Å²) >= 11 is 0. The summed E-state index contributed by atoms with van der Waals surface area (Å²) < 4.78 is 4.40. The van der Waals surface area contributed by atoms with Crippen LogP contribution in [-0.2, 0) is 9.53 Å². The highest BCUT2D eigenvalue weighted by Crippen LogP contribution is 2.37. The lowest BCUT2D eigenvalue weighted by molar-refractivity contribution is -0.156. The zero-order valence-corrected chi connectivity index (χ0v) is 11.8. The van der Waals surface area contributed by atoms with Crippen LogP contribution in [0.3, 0.4) is 0 Å². The first-order chi connectivity index (χ1) is 10.5. The lowest BCUT2D eigenvalue weighted by atomic mass is 9.98. The van der Waals surface area contributed by atoms with E-state index in [-0.39, 0.29) is 11.3 Å². The van der Waals surface area contributed by atoms with Crippen LogP contribution in [0, 0.1) is 0 Å². The zero-order valence-electron chi connectivity index (χ0n) is 11.8. The number of ether oxygens (including phenoxy) is 1. The first-order valence-electron chi connectivity index (χ1n) is 6.76. The molecule has 0 bridgehead atoms. The number of aliphatic hydroxyl groups is 2. The first kappa shape index (κ1) is 14.4. The van der Waals surface area contributed by atoms with Gasteiger partial charge in [0.15, 0.2) is 11.9 Å². The van der Waals surface area contributed by atoms with Gasteiger partial charge in [-0.3, -0.25) is 4.79 Å². The number of aliphatic hydroxyl groups excluding tert-OH is 2. The Balaban J connectivity index is 2.00. The highest BCUT2D eigenvalue weighted by molar-refractivity contribution is 6.21.